The van der Waals surface area contributed by atoms with Crippen molar-refractivity contribution in [3.63, 3.8) is 0 Å². The quantitative estimate of drug-likeness (QED) is 0.168. The van der Waals surface area contributed by atoms with Crippen LogP contribution in [0.4, 0.5) is 11.4 Å². The van der Waals surface area contributed by atoms with E-state index in [0.29, 0.717) is 0 Å². The number of nitrogens with zero attached hydrogens (tertiary/aromatic N) is 2. The average Bonchev–Trinajstić information content (AvgIpc) is 3.21. The van der Waals surface area contributed by atoms with Crippen LogP contribution in [0.2, 0.25) is 0 Å². The number of rotatable bonds is 4. The molecule has 6 aromatic rings. The number of hydrogen-bond donors (Lipinski definition) is 0. The van der Waals surface area contributed by atoms with Crippen LogP contribution in [0.1, 0.15) is 49.7 Å². The molecule has 264 valence electrons. The minimum Gasteiger partial charge on any atom is -0.367 e. The lowest BCUT2D eigenvalue weighted by molar-refractivity contribution is 0.676. The topological polar surface area (TPSA) is 6.48 Å². The van der Waals surface area contributed by atoms with Crippen molar-refractivity contribution in [1.82, 2.24) is 0 Å². The van der Waals surface area contributed by atoms with Gasteiger partial charge in [-0.1, -0.05) is 158 Å². The van der Waals surface area contributed by atoms with Crippen LogP contribution >= 0.6 is 15.8 Å². The van der Waals surface area contributed by atoms with E-state index in [-0.39, 0.29) is 0 Å². The van der Waals surface area contributed by atoms with Gasteiger partial charge in [-0.05, 0) is 110 Å². The Kier molecular flexibility index (Phi) is 13.2. The van der Waals surface area contributed by atoms with E-state index in [1.165, 1.54) is 84.0 Å². The minimum absolute atomic E-state index is 0.463. The molecule has 4 heteroatoms. The fourth-order valence-electron chi connectivity index (χ4n) is 7.60. The second-order valence-electron chi connectivity index (χ2n) is 13.9. The van der Waals surface area contributed by atoms with Crippen LogP contribution in [0.15, 0.2) is 170 Å². The first-order valence-corrected chi connectivity index (χ1v) is 22.3. The van der Waals surface area contributed by atoms with Gasteiger partial charge in [0.05, 0.1) is 0 Å². The maximum atomic E-state index is 2.64. The molecule has 0 bridgehead atoms. The van der Waals surface area contributed by atoms with Gasteiger partial charge in [-0.25, -0.2) is 0 Å². The molecule has 2 unspecified atom stereocenters. The molecule has 1 aliphatic heterocycles. The SMILES string of the molecule is c1ccc(N2CCCCCP(c3ccccc3)c3ccccc3CN(c3ccccc3)CCCCCP(c3ccccc3)c3ccccc3C2)cc1. The van der Waals surface area contributed by atoms with E-state index in [2.05, 4.69) is 180 Å². The monoisotopic (exact) mass is 718 g/mol. The predicted molar refractivity (Wildman–Crippen MR) is 231 cm³/mol. The Bertz CT molecular complexity index is 1770. The van der Waals surface area contributed by atoms with Gasteiger partial charge in [-0.15, -0.1) is 0 Å². The highest BCUT2D eigenvalue weighted by molar-refractivity contribution is 7.73. The molecule has 1 aliphatic rings. The van der Waals surface area contributed by atoms with Crippen LogP contribution < -0.4 is 31.0 Å². The van der Waals surface area contributed by atoms with Gasteiger partial charge < -0.3 is 9.80 Å². The van der Waals surface area contributed by atoms with Crippen LogP contribution in [-0.2, 0) is 13.1 Å². The first-order valence-electron chi connectivity index (χ1n) is 19.2. The van der Waals surface area contributed by atoms with E-state index in [1.807, 2.05) is 0 Å². The summed E-state index contributed by atoms with van der Waals surface area (Å²) in [7, 11) is -0.926. The molecule has 7 rings (SSSR count). The van der Waals surface area contributed by atoms with Crippen molar-refractivity contribution in [3.05, 3.63) is 181 Å². The van der Waals surface area contributed by atoms with Gasteiger partial charge in [0, 0.05) is 37.6 Å². The van der Waals surface area contributed by atoms with Gasteiger partial charge in [0.1, 0.15) is 0 Å². The van der Waals surface area contributed by atoms with E-state index in [9.17, 15) is 0 Å². The number of benzene rings is 6. The number of hydrogen-bond acceptors (Lipinski definition) is 2. The predicted octanol–water partition coefficient (Wildman–Crippen LogP) is 10.6. The number of fused-ring (bicyclic) bond motifs is 2. The lowest BCUT2D eigenvalue weighted by atomic mass is 10.1. The van der Waals surface area contributed by atoms with Crippen molar-refractivity contribution in [3.8, 4) is 0 Å². The van der Waals surface area contributed by atoms with Crippen LogP contribution in [0.5, 0.6) is 0 Å². The molecule has 0 spiro atoms. The molecule has 0 aromatic heterocycles. The maximum Gasteiger partial charge on any atom is 0.0435 e. The van der Waals surface area contributed by atoms with Crippen molar-refractivity contribution in [2.75, 3.05) is 35.2 Å². The first kappa shape index (κ1) is 36.2. The van der Waals surface area contributed by atoms with Crippen LogP contribution in [0.25, 0.3) is 0 Å². The van der Waals surface area contributed by atoms with Gasteiger partial charge in [-0.3, -0.25) is 0 Å². The van der Waals surface area contributed by atoms with Crippen molar-refractivity contribution in [2.24, 2.45) is 0 Å². The molecular weight excluding hydrogens is 666 g/mol. The lowest BCUT2D eigenvalue weighted by Crippen LogP contribution is -2.29. The highest BCUT2D eigenvalue weighted by Gasteiger charge is 2.21. The van der Waals surface area contributed by atoms with Crippen molar-refractivity contribution < 1.29 is 0 Å². The minimum atomic E-state index is -0.463. The molecule has 6 aromatic carbocycles. The fourth-order valence-corrected chi connectivity index (χ4v) is 12.8. The van der Waals surface area contributed by atoms with Crippen molar-refractivity contribution >= 4 is 48.4 Å². The molecule has 0 amide bonds. The van der Waals surface area contributed by atoms with Gasteiger partial charge in [-0.2, -0.15) is 0 Å². The summed E-state index contributed by atoms with van der Waals surface area (Å²) in [6.45, 7) is 4.02. The normalized spacial score (nSPS) is 18.2. The largest absolute Gasteiger partial charge is 0.367 e. The molecule has 2 nitrogen and oxygen atoms in total. The van der Waals surface area contributed by atoms with Crippen molar-refractivity contribution in [1.29, 1.82) is 0 Å². The second kappa shape index (κ2) is 19.0. The smallest absolute Gasteiger partial charge is 0.0435 e. The third kappa shape index (κ3) is 9.60. The molecule has 0 aliphatic carbocycles. The van der Waals surface area contributed by atoms with Crippen LogP contribution in [-0.4, -0.2) is 25.4 Å². The Morgan fingerprint density at radius 3 is 1.08 bits per heavy atom. The highest BCUT2D eigenvalue weighted by atomic mass is 31.1. The zero-order valence-electron chi connectivity index (χ0n) is 30.4. The van der Waals surface area contributed by atoms with Gasteiger partial charge >= 0.3 is 0 Å². The molecular formula is C48H52N2P2. The maximum absolute atomic E-state index is 2.64. The molecule has 2 atom stereocenters. The van der Waals surface area contributed by atoms with E-state index < -0.39 is 15.8 Å². The summed E-state index contributed by atoms with van der Waals surface area (Å²) in [5.74, 6) is 0. The molecule has 0 saturated heterocycles. The number of anilines is 2. The van der Waals surface area contributed by atoms with Gasteiger partial charge in [0.2, 0.25) is 0 Å². The molecule has 52 heavy (non-hydrogen) atoms. The number of para-hydroxylation sites is 2. The van der Waals surface area contributed by atoms with Crippen LogP contribution in [0, 0.1) is 0 Å². The first-order chi connectivity index (χ1) is 25.8. The zero-order chi connectivity index (χ0) is 35.2. The molecule has 1 heterocycles. The standard InChI is InChI=1S/C48H52N2P2/c1-7-25-43(26-8-1)49-35-19-5-21-37-52(46-31-13-4-14-32-46)48-34-18-16-24-42(48)40-50(44-27-9-2-10-28-44)36-20-6-22-38-51(45-29-11-3-12-30-45)47-33-17-15-23-41(47)39-49/h1-4,7-18,23-34H,5-6,19-22,35-40H2. The zero-order valence-corrected chi connectivity index (χ0v) is 32.2. The molecule has 0 saturated carbocycles. The summed E-state index contributed by atoms with van der Waals surface area (Å²) < 4.78 is 0. The highest BCUT2D eigenvalue weighted by Crippen LogP contribution is 2.38. The Labute approximate surface area is 315 Å². The summed E-state index contributed by atoms with van der Waals surface area (Å²) in [5.41, 5.74) is 5.61. The van der Waals surface area contributed by atoms with E-state index >= 15 is 0 Å². The van der Waals surface area contributed by atoms with E-state index in [1.54, 1.807) is 10.6 Å². The summed E-state index contributed by atoms with van der Waals surface area (Å²) in [6.07, 6.45) is 9.73. The van der Waals surface area contributed by atoms with Crippen LogP contribution in [0.3, 0.4) is 0 Å². The van der Waals surface area contributed by atoms with E-state index in [0.717, 1.165) is 26.2 Å². The third-order valence-corrected chi connectivity index (χ3v) is 15.7. The van der Waals surface area contributed by atoms with Crippen molar-refractivity contribution in [2.45, 2.75) is 51.6 Å². The summed E-state index contributed by atoms with van der Waals surface area (Å²) in [6, 6.07) is 63.7. The Balaban J connectivity index is 1.22. The van der Waals surface area contributed by atoms with Gasteiger partial charge in [0.15, 0.2) is 0 Å². The molecule has 0 fully saturated rings. The molecule has 0 N–H and O–H groups in total. The summed E-state index contributed by atoms with van der Waals surface area (Å²) in [5, 5.41) is 6.09. The fraction of sp³-hybridized carbons (Fsp3) is 0.250. The Morgan fingerprint density at radius 2 is 0.673 bits per heavy atom. The summed E-state index contributed by atoms with van der Waals surface area (Å²) >= 11 is 0. The third-order valence-electron chi connectivity index (χ3n) is 10.3. The Morgan fingerprint density at radius 1 is 0.327 bits per heavy atom. The van der Waals surface area contributed by atoms with Gasteiger partial charge in [0.25, 0.3) is 0 Å². The second-order valence-corrected chi connectivity index (χ2v) is 18.5. The van der Waals surface area contributed by atoms with E-state index in [4.69, 9.17) is 0 Å². The summed E-state index contributed by atoms with van der Waals surface area (Å²) in [4.78, 5) is 5.28. The molecule has 0 radical (unpaired) electrons. The average molecular weight is 719 g/mol. The lowest BCUT2D eigenvalue weighted by Gasteiger charge is -2.30. The Hall–Kier alpha value is -4.22.